The zero-order valence-corrected chi connectivity index (χ0v) is 9.29. The number of rotatable bonds is 3. The first-order valence-electron chi connectivity index (χ1n) is 4.26. The standard InChI is InChI=1S/C10H6ClF2NO3/c1-16-9(15)8-6(11)2-5(4-14)3-7(8)17-10(12)13/h2-3,10H,1H3. The van der Waals surface area contributed by atoms with Gasteiger partial charge in [-0.2, -0.15) is 14.0 Å². The van der Waals surface area contributed by atoms with Crippen LogP contribution in [0.4, 0.5) is 8.78 Å². The Bertz CT molecular complexity index is 485. The molecule has 4 nitrogen and oxygen atoms in total. The average molecular weight is 262 g/mol. The third-order valence-corrected chi connectivity index (χ3v) is 2.09. The van der Waals surface area contributed by atoms with Gasteiger partial charge in [0.25, 0.3) is 0 Å². The predicted molar refractivity (Wildman–Crippen MR) is 54.1 cm³/mol. The summed E-state index contributed by atoms with van der Waals surface area (Å²) in [6.45, 7) is -3.14. The van der Waals surface area contributed by atoms with Crippen LogP contribution in [0.15, 0.2) is 12.1 Å². The van der Waals surface area contributed by atoms with Gasteiger partial charge < -0.3 is 9.47 Å². The Morgan fingerprint density at radius 3 is 2.65 bits per heavy atom. The molecule has 0 radical (unpaired) electrons. The van der Waals surface area contributed by atoms with Gasteiger partial charge in [0.1, 0.15) is 11.3 Å². The van der Waals surface area contributed by atoms with Crippen molar-refractivity contribution in [2.75, 3.05) is 7.11 Å². The molecule has 0 saturated carbocycles. The molecule has 0 bridgehead atoms. The van der Waals surface area contributed by atoms with E-state index in [1.54, 1.807) is 6.07 Å². The van der Waals surface area contributed by atoms with Crippen LogP contribution in [0, 0.1) is 11.3 Å². The van der Waals surface area contributed by atoms with E-state index in [1.807, 2.05) is 0 Å². The fourth-order valence-corrected chi connectivity index (χ4v) is 1.42. The van der Waals surface area contributed by atoms with Crippen molar-refractivity contribution in [2.45, 2.75) is 6.61 Å². The van der Waals surface area contributed by atoms with Crippen LogP contribution in [-0.4, -0.2) is 19.7 Å². The van der Waals surface area contributed by atoms with Crippen molar-refractivity contribution in [1.82, 2.24) is 0 Å². The van der Waals surface area contributed by atoms with Gasteiger partial charge in [0.05, 0.1) is 23.8 Å². The summed E-state index contributed by atoms with van der Waals surface area (Å²) < 4.78 is 32.8. The van der Waals surface area contributed by atoms with E-state index in [2.05, 4.69) is 9.47 Å². The van der Waals surface area contributed by atoms with Crippen LogP contribution >= 0.6 is 11.6 Å². The van der Waals surface area contributed by atoms with Gasteiger partial charge in [0, 0.05) is 0 Å². The summed E-state index contributed by atoms with van der Waals surface area (Å²) >= 11 is 5.69. The molecule has 0 fully saturated rings. The number of methoxy groups -OCH3 is 1. The Kier molecular flexibility index (Phi) is 4.24. The maximum absolute atomic E-state index is 12.1. The van der Waals surface area contributed by atoms with Crippen molar-refractivity contribution < 1.29 is 23.0 Å². The largest absolute Gasteiger partial charge is 0.465 e. The molecule has 0 N–H and O–H groups in total. The topological polar surface area (TPSA) is 59.3 Å². The van der Waals surface area contributed by atoms with Gasteiger partial charge in [0.15, 0.2) is 0 Å². The van der Waals surface area contributed by atoms with E-state index >= 15 is 0 Å². The SMILES string of the molecule is COC(=O)c1c(Cl)cc(C#N)cc1OC(F)F. The number of halogens is 3. The second kappa shape index (κ2) is 5.46. The number of ether oxygens (including phenoxy) is 2. The molecule has 17 heavy (non-hydrogen) atoms. The highest BCUT2D eigenvalue weighted by atomic mass is 35.5. The Balaban J connectivity index is 3.35. The number of nitriles is 1. The molecule has 0 aliphatic carbocycles. The van der Waals surface area contributed by atoms with Crippen LogP contribution in [0.3, 0.4) is 0 Å². The zero-order valence-electron chi connectivity index (χ0n) is 8.54. The highest BCUT2D eigenvalue weighted by Crippen LogP contribution is 2.30. The number of hydrogen-bond donors (Lipinski definition) is 0. The first-order valence-corrected chi connectivity index (χ1v) is 4.64. The first kappa shape index (κ1) is 13.2. The molecular formula is C10H6ClF2NO3. The van der Waals surface area contributed by atoms with E-state index in [0.717, 1.165) is 19.2 Å². The molecular weight excluding hydrogens is 256 g/mol. The molecule has 90 valence electrons. The molecule has 1 rings (SSSR count). The van der Waals surface area contributed by atoms with Gasteiger partial charge >= 0.3 is 12.6 Å². The van der Waals surface area contributed by atoms with Gasteiger partial charge in [-0.05, 0) is 12.1 Å². The number of benzene rings is 1. The fraction of sp³-hybridized carbons (Fsp3) is 0.200. The molecule has 0 heterocycles. The quantitative estimate of drug-likeness (QED) is 0.785. The third-order valence-electron chi connectivity index (χ3n) is 1.79. The summed E-state index contributed by atoms with van der Waals surface area (Å²) in [5.74, 6) is -1.41. The minimum atomic E-state index is -3.14. The van der Waals surface area contributed by atoms with Crippen molar-refractivity contribution in [3.63, 3.8) is 0 Å². The normalized spacial score (nSPS) is 9.88. The lowest BCUT2D eigenvalue weighted by atomic mass is 10.1. The Morgan fingerprint density at radius 1 is 1.53 bits per heavy atom. The van der Waals surface area contributed by atoms with E-state index in [0.29, 0.717) is 0 Å². The maximum atomic E-state index is 12.1. The highest BCUT2D eigenvalue weighted by Gasteiger charge is 2.21. The summed E-state index contributed by atoms with van der Waals surface area (Å²) in [4.78, 5) is 11.3. The second-order valence-corrected chi connectivity index (χ2v) is 3.22. The minimum Gasteiger partial charge on any atom is -0.465 e. The first-order chi connectivity index (χ1) is 7.99. The number of carbonyl (C=O) groups is 1. The van der Waals surface area contributed by atoms with Crippen molar-refractivity contribution in [1.29, 1.82) is 5.26 Å². The van der Waals surface area contributed by atoms with Gasteiger partial charge in [-0.25, -0.2) is 4.79 Å². The summed E-state index contributed by atoms with van der Waals surface area (Å²) in [7, 11) is 1.07. The van der Waals surface area contributed by atoms with Crippen LogP contribution in [0.1, 0.15) is 15.9 Å². The Morgan fingerprint density at radius 2 is 2.18 bits per heavy atom. The van der Waals surface area contributed by atoms with E-state index in [1.165, 1.54) is 0 Å². The van der Waals surface area contributed by atoms with E-state index in [9.17, 15) is 13.6 Å². The van der Waals surface area contributed by atoms with E-state index < -0.39 is 18.3 Å². The molecule has 0 saturated heterocycles. The molecule has 0 amide bonds. The number of hydrogen-bond acceptors (Lipinski definition) is 4. The average Bonchev–Trinajstić information content (AvgIpc) is 2.26. The summed E-state index contributed by atoms with van der Waals surface area (Å²) in [6.07, 6.45) is 0. The second-order valence-electron chi connectivity index (χ2n) is 2.81. The Labute approximate surface area is 100 Å². The summed E-state index contributed by atoms with van der Waals surface area (Å²) in [5, 5.41) is 8.45. The smallest absolute Gasteiger partial charge is 0.387 e. The molecule has 0 aromatic heterocycles. The molecule has 0 spiro atoms. The molecule has 1 aromatic rings. The monoisotopic (exact) mass is 261 g/mol. The molecule has 0 atom stereocenters. The molecule has 0 aliphatic rings. The zero-order chi connectivity index (χ0) is 13.0. The third kappa shape index (κ3) is 3.04. The summed E-state index contributed by atoms with van der Waals surface area (Å²) in [5.41, 5.74) is -0.341. The number of carbonyl (C=O) groups excluding carboxylic acids is 1. The molecule has 0 unspecified atom stereocenters. The van der Waals surface area contributed by atoms with E-state index in [4.69, 9.17) is 16.9 Å². The molecule has 0 aliphatic heterocycles. The van der Waals surface area contributed by atoms with Crippen molar-refractivity contribution in [3.8, 4) is 11.8 Å². The molecule has 1 aromatic carbocycles. The van der Waals surface area contributed by atoms with Crippen LogP contribution in [0.2, 0.25) is 5.02 Å². The van der Waals surface area contributed by atoms with Gasteiger partial charge in [0.2, 0.25) is 0 Å². The predicted octanol–water partition coefficient (Wildman–Crippen LogP) is 2.60. The van der Waals surface area contributed by atoms with Gasteiger partial charge in [-0.15, -0.1) is 0 Å². The maximum Gasteiger partial charge on any atom is 0.387 e. The van der Waals surface area contributed by atoms with E-state index in [-0.39, 0.29) is 16.1 Å². The van der Waals surface area contributed by atoms with Crippen molar-refractivity contribution >= 4 is 17.6 Å². The van der Waals surface area contributed by atoms with Crippen molar-refractivity contribution in [2.24, 2.45) is 0 Å². The van der Waals surface area contributed by atoms with Crippen LogP contribution < -0.4 is 4.74 Å². The minimum absolute atomic E-state index is 0.00157. The fourth-order valence-electron chi connectivity index (χ4n) is 1.14. The van der Waals surface area contributed by atoms with Crippen LogP contribution in [0.25, 0.3) is 0 Å². The van der Waals surface area contributed by atoms with Gasteiger partial charge in [-0.3, -0.25) is 0 Å². The Hall–Kier alpha value is -1.87. The lowest BCUT2D eigenvalue weighted by Gasteiger charge is -2.11. The number of nitrogens with zero attached hydrogens (tertiary/aromatic N) is 1. The lowest BCUT2D eigenvalue weighted by molar-refractivity contribution is -0.0504. The number of alkyl halides is 2. The molecule has 7 heteroatoms. The van der Waals surface area contributed by atoms with Crippen molar-refractivity contribution in [3.05, 3.63) is 28.3 Å². The highest BCUT2D eigenvalue weighted by molar-refractivity contribution is 6.34. The van der Waals surface area contributed by atoms with Crippen LogP contribution in [0.5, 0.6) is 5.75 Å². The van der Waals surface area contributed by atoms with Crippen LogP contribution in [-0.2, 0) is 4.74 Å². The van der Waals surface area contributed by atoms with Gasteiger partial charge in [-0.1, -0.05) is 11.6 Å². The lowest BCUT2D eigenvalue weighted by Crippen LogP contribution is -2.10. The number of esters is 1. The summed E-state index contributed by atoms with van der Waals surface area (Å²) in [6, 6.07) is 3.85.